The molecule has 6 nitrogen and oxygen atoms in total. The van der Waals surface area contributed by atoms with Gasteiger partial charge in [-0.2, -0.15) is 0 Å². The average Bonchev–Trinajstić information content (AvgIpc) is 2.97. The van der Waals surface area contributed by atoms with Crippen molar-refractivity contribution in [2.75, 3.05) is 0 Å². The summed E-state index contributed by atoms with van der Waals surface area (Å²) in [5, 5.41) is 20.7. The molecule has 0 aliphatic heterocycles. The van der Waals surface area contributed by atoms with Crippen LogP contribution in [-0.2, 0) is 19.2 Å². The fourth-order valence-corrected chi connectivity index (χ4v) is 8.83. The van der Waals surface area contributed by atoms with Gasteiger partial charge in [-0.05, 0) is 55.9 Å². The standard InChI is InChI=1S/C30H42O6/c1-16(12-18(31)13-17(2)26(35)36)20-14-24(34)30(7)19-8-9-22-27(3,4)23(33)10-11-28(22,5)25(19)21(32)15-29(20,30)6/h12,17,20,22,24,34H,8-11,13-15H2,1-7H3,(H,35,36)/b16-12-/t17?,20-,22?,24+,28+,29-,30-/m1/s1. The van der Waals surface area contributed by atoms with Crippen LogP contribution in [0, 0.1) is 39.4 Å². The molecule has 2 N–H and O–H groups in total. The summed E-state index contributed by atoms with van der Waals surface area (Å²) in [6.07, 6.45) is 4.25. The highest BCUT2D eigenvalue weighted by atomic mass is 16.4. The number of ketones is 3. The second-order valence-electron chi connectivity index (χ2n) is 13.3. The Kier molecular flexibility index (Phi) is 6.35. The highest BCUT2D eigenvalue weighted by molar-refractivity contribution is 6.01. The molecule has 0 spiro atoms. The van der Waals surface area contributed by atoms with Crippen molar-refractivity contribution >= 4 is 23.3 Å². The maximum atomic E-state index is 14.0. The summed E-state index contributed by atoms with van der Waals surface area (Å²) in [5.41, 5.74) is 0.738. The molecule has 0 bridgehead atoms. The van der Waals surface area contributed by atoms with E-state index < -0.39 is 34.2 Å². The Labute approximate surface area is 214 Å². The van der Waals surface area contributed by atoms with E-state index in [1.807, 2.05) is 20.8 Å². The second kappa shape index (κ2) is 8.47. The van der Waals surface area contributed by atoms with Gasteiger partial charge in [0, 0.05) is 41.1 Å². The van der Waals surface area contributed by atoms with E-state index in [0.29, 0.717) is 32.1 Å². The van der Waals surface area contributed by atoms with Crippen LogP contribution in [0.25, 0.3) is 0 Å². The van der Waals surface area contributed by atoms with Gasteiger partial charge < -0.3 is 10.2 Å². The van der Waals surface area contributed by atoms with Crippen LogP contribution in [0.1, 0.15) is 93.4 Å². The summed E-state index contributed by atoms with van der Waals surface area (Å²) in [6, 6.07) is 0. The minimum absolute atomic E-state index is 0.0710. The molecule has 0 heterocycles. The number of hydrogen-bond acceptors (Lipinski definition) is 5. The molecule has 2 fully saturated rings. The van der Waals surface area contributed by atoms with Crippen molar-refractivity contribution in [3.63, 3.8) is 0 Å². The second-order valence-corrected chi connectivity index (χ2v) is 13.3. The van der Waals surface area contributed by atoms with Gasteiger partial charge in [0.1, 0.15) is 5.78 Å². The number of hydrogen-bond donors (Lipinski definition) is 2. The monoisotopic (exact) mass is 498 g/mol. The van der Waals surface area contributed by atoms with Gasteiger partial charge in [0.25, 0.3) is 0 Å². The Hall–Kier alpha value is -2.08. The van der Waals surface area contributed by atoms with E-state index in [9.17, 15) is 24.3 Å². The number of carboxylic acid groups (broad SMARTS) is 1. The van der Waals surface area contributed by atoms with E-state index in [2.05, 4.69) is 20.8 Å². The summed E-state index contributed by atoms with van der Waals surface area (Å²) in [4.78, 5) is 50.6. The Bertz CT molecular complexity index is 1090. The molecule has 0 radical (unpaired) electrons. The van der Waals surface area contributed by atoms with Crippen molar-refractivity contribution in [2.45, 2.75) is 99.5 Å². The van der Waals surface area contributed by atoms with Gasteiger partial charge in [0.2, 0.25) is 0 Å². The lowest BCUT2D eigenvalue weighted by Crippen LogP contribution is -2.57. The Balaban J connectivity index is 1.76. The number of rotatable bonds is 5. The predicted octanol–water partition coefficient (Wildman–Crippen LogP) is 5.08. The zero-order chi connectivity index (χ0) is 27.0. The van der Waals surface area contributed by atoms with Gasteiger partial charge in [-0.3, -0.25) is 19.2 Å². The summed E-state index contributed by atoms with van der Waals surface area (Å²) in [6.45, 7) is 13.8. The lowest BCUT2D eigenvalue weighted by Gasteiger charge is -2.60. The first-order valence-electron chi connectivity index (χ1n) is 13.4. The van der Waals surface area contributed by atoms with Crippen LogP contribution >= 0.6 is 0 Å². The smallest absolute Gasteiger partial charge is 0.306 e. The zero-order valence-corrected chi connectivity index (χ0v) is 22.9. The zero-order valence-electron chi connectivity index (χ0n) is 22.9. The normalized spacial score (nSPS) is 40.9. The Morgan fingerprint density at radius 1 is 1.11 bits per heavy atom. The molecule has 4 rings (SSSR count). The molecular weight excluding hydrogens is 456 g/mol. The quantitative estimate of drug-likeness (QED) is 0.512. The van der Waals surface area contributed by atoms with Crippen molar-refractivity contribution in [1.29, 1.82) is 0 Å². The molecule has 4 aliphatic carbocycles. The van der Waals surface area contributed by atoms with Crippen LogP contribution in [0.3, 0.4) is 0 Å². The molecule has 6 heteroatoms. The van der Waals surface area contributed by atoms with Crippen LogP contribution < -0.4 is 0 Å². The van der Waals surface area contributed by atoms with Crippen LogP contribution in [0.5, 0.6) is 0 Å². The average molecular weight is 499 g/mol. The van der Waals surface area contributed by atoms with Crippen molar-refractivity contribution in [3.05, 3.63) is 22.8 Å². The number of allylic oxidation sites excluding steroid dienone is 3. The molecule has 7 atom stereocenters. The lowest BCUT2D eigenvalue weighted by molar-refractivity contribution is -0.142. The van der Waals surface area contributed by atoms with Crippen LogP contribution in [-0.4, -0.2) is 39.6 Å². The van der Waals surface area contributed by atoms with E-state index in [0.717, 1.165) is 23.1 Å². The van der Waals surface area contributed by atoms with Gasteiger partial charge in [-0.1, -0.05) is 52.7 Å². The first-order valence-corrected chi connectivity index (χ1v) is 13.4. The van der Waals surface area contributed by atoms with E-state index in [4.69, 9.17) is 5.11 Å². The molecule has 36 heavy (non-hydrogen) atoms. The third-order valence-electron chi connectivity index (χ3n) is 11.2. The Morgan fingerprint density at radius 3 is 2.36 bits per heavy atom. The number of aliphatic carboxylic acids is 1. The Morgan fingerprint density at radius 2 is 1.75 bits per heavy atom. The molecule has 0 aromatic heterocycles. The molecule has 4 aliphatic rings. The minimum Gasteiger partial charge on any atom is -0.481 e. The van der Waals surface area contributed by atoms with Gasteiger partial charge in [0.05, 0.1) is 12.0 Å². The molecule has 2 unspecified atom stereocenters. The largest absolute Gasteiger partial charge is 0.481 e. The summed E-state index contributed by atoms with van der Waals surface area (Å²) >= 11 is 0. The maximum Gasteiger partial charge on any atom is 0.306 e. The SMILES string of the molecule is C/C(=C/C(=O)CC(C)C(=O)O)[C@H]1C[C@H](O)[C@@]2(C)C3=C(C(=O)C[C@]12C)[C@@]1(C)CCC(=O)C(C)(C)C1CC3. The third kappa shape index (κ3) is 3.53. The summed E-state index contributed by atoms with van der Waals surface area (Å²) < 4.78 is 0. The van der Waals surface area contributed by atoms with Crippen LogP contribution in [0.15, 0.2) is 22.8 Å². The molecule has 198 valence electrons. The number of carbonyl (C=O) groups excluding carboxylic acids is 3. The predicted molar refractivity (Wildman–Crippen MR) is 136 cm³/mol. The fourth-order valence-electron chi connectivity index (χ4n) is 8.83. The van der Waals surface area contributed by atoms with E-state index in [1.165, 1.54) is 13.0 Å². The van der Waals surface area contributed by atoms with E-state index in [-0.39, 0.29) is 41.0 Å². The van der Waals surface area contributed by atoms with Gasteiger partial charge in [-0.15, -0.1) is 0 Å². The van der Waals surface area contributed by atoms with E-state index in [1.54, 1.807) is 0 Å². The number of carbonyl (C=O) groups is 4. The van der Waals surface area contributed by atoms with Gasteiger partial charge in [0.15, 0.2) is 11.6 Å². The van der Waals surface area contributed by atoms with Gasteiger partial charge >= 0.3 is 5.97 Å². The number of fused-ring (bicyclic) bond motifs is 4. The number of Topliss-reactive ketones (excluding diaryl/α,β-unsaturated/α-hetero) is 2. The molecule has 0 amide bonds. The molecule has 0 saturated heterocycles. The number of carboxylic acids is 1. The highest BCUT2D eigenvalue weighted by Crippen LogP contribution is 2.71. The van der Waals surface area contributed by atoms with Crippen molar-refractivity contribution < 1.29 is 29.4 Å². The molecule has 0 aromatic rings. The van der Waals surface area contributed by atoms with Crippen molar-refractivity contribution in [3.8, 4) is 0 Å². The minimum atomic E-state index is -1.00. The summed E-state index contributed by atoms with van der Waals surface area (Å²) in [7, 11) is 0. The molecule has 2 saturated carbocycles. The summed E-state index contributed by atoms with van der Waals surface area (Å²) in [5.74, 6) is -1.65. The first kappa shape index (κ1) is 27.0. The lowest BCUT2D eigenvalue weighted by atomic mass is 9.43. The van der Waals surface area contributed by atoms with Gasteiger partial charge in [-0.25, -0.2) is 0 Å². The molecular formula is C30H42O6. The van der Waals surface area contributed by atoms with Crippen molar-refractivity contribution in [1.82, 2.24) is 0 Å². The topological polar surface area (TPSA) is 109 Å². The fraction of sp³-hybridized carbons (Fsp3) is 0.733. The first-order chi connectivity index (χ1) is 16.5. The molecule has 0 aromatic carbocycles. The van der Waals surface area contributed by atoms with E-state index >= 15 is 0 Å². The number of aliphatic hydroxyl groups is 1. The number of aliphatic hydroxyl groups excluding tert-OH is 1. The third-order valence-corrected chi connectivity index (χ3v) is 11.2. The maximum absolute atomic E-state index is 14.0. The van der Waals surface area contributed by atoms with Crippen LogP contribution in [0.2, 0.25) is 0 Å². The van der Waals surface area contributed by atoms with Crippen LogP contribution in [0.4, 0.5) is 0 Å². The van der Waals surface area contributed by atoms with Crippen molar-refractivity contribution in [2.24, 2.45) is 39.4 Å². The highest BCUT2D eigenvalue weighted by Gasteiger charge is 2.68.